The van der Waals surface area contributed by atoms with E-state index < -0.39 is 10.8 Å². The third-order valence-electron chi connectivity index (χ3n) is 22.7. The molecule has 0 saturated heterocycles. The Bertz CT molecular complexity index is 5920. The Hall–Kier alpha value is -12.3. The molecule has 458 valence electrons. The molecule has 1 aromatic heterocycles. The molecule has 0 amide bonds. The third-order valence-corrected chi connectivity index (χ3v) is 22.7. The van der Waals surface area contributed by atoms with Gasteiger partial charge in [-0.05, 0) is 212 Å². The van der Waals surface area contributed by atoms with Crippen LogP contribution < -0.4 is 9.80 Å². The lowest BCUT2D eigenvalue weighted by Gasteiger charge is -2.32. The molecular formula is C95H62N2O. The maximum absolute atomic E-state index is 6.96. The molecule has 3 nitrogen and oxygen atoms in total. The second-order valence-corrected chi connectivity index (χ2v) is 27.7. The van der Waals surface area contributed by atoms with Crippen molar-refractivity contribution in [2.45, 2.75) is 30.1 Å². The third kappa shape index (κ3) is 7.37. The maximum atomic E-state index is 6.96. The summed E-state index contributed by atoms with van der Waals surface area (Å²) in [6.45, 7) is 4.81. The number of nitrogens with zero attached hydrogens (tertiary/aromatic N) is 2. The van der Waals surface area contributed by atoms with Crippen molar-refractivity contribution < 1.29 is 4.42 Å². The fourth-order valence-electron chi connectivity index (χ4n) is 18.5. The van der Waals surface area contributed by atoms with E-state index in [0.717, 1.165) is 56.1 Å². The fraction of sp³-hybridized carbons (Fsp3) is 0.0526. The Morgan fingerprint density at radius 2 is 0.551 bits per heavy atom. The fourth-order valence-corrected chi connectivity index (χ4v) is 18.5. The molecule has 0 radical (unpaired) electrons. The largest absolute Gasteiger partial charge is 0.454 e. The van der Waals surface area contributed by atoms with Crippen molar-refractivity contribution in [2.24, 2.45) is 0 Å². The van der Waals surface area contributed by atoms with Crippen LogP contribution in [0.1, 0.15) is 69.5 Å². The average molecular weight is 1250 g/mol. The normalized spacial score (nSPS) is 14.3. The number of hydrogen-bond donors (Lipinski definition) is 0. The van der Waals surface area contributed by atoms with E-state index in [4.69, 9.17) is 4.42 Å². The van der Waals surface area contributed by atoms with Crippen LogP contribution >= 0.6 is 0 Å². The van der Waals surface area contributed by atoms with Crippen LogP contribution in [0.25, 0.3) is 99.8 Å². The SMILES string of the molecule is CC1(C)c2cc(-c3ccc(-c4ccc(N(c5ccccc5)c5ccc6c(c5)C5(c7ccccc7-c7ccccc75)c5ccccc5-6)cc4)cc3)ccc2-c2ccc(N(c3ccc4c(c3)C3(c5ccccc5-c5ccccc53)c3ccccc3-4)c3cccc4c3oc3ccccc34)cc21. The zero-order valence-corrected chi connectivity index (χ0v) is 54.1. The Kier molecular flexibility index (Phi) is 11.4. The molecule has 0 fully saturated rings. The summed E-state index contributed by atoms with van der Waals surface area (Å²) in [5, 5.41) is 2.21. The lowest BCUT2D eigenvalue weighted by molar-refractivity contribution is 0.660. The molecule has 0 aliphatic heterocycles. The predicted molar refractivity (Wildman–Crippen MR) is 404 cm³/mol. The van der Waals surface area contributed by atoms with Crippen LogP contribution in [0.2, 0.25) is 0 Å². The van der Waals surface area contributed by atoms with E-state index >= 15 is 0 Å². The van der Waals surface area contributed by atoms with Crippen LogP contribution in [0.15, 0.2) is 344 Å². The van der Waals surface area contributed by atoms with Gasteiger partial charge in [0.25, 0.3) is 0 Å². The summed E-state index contributed by atoms with van der Waals surface area (Å²) in [7, 11) is 0. The smallest absolute Gasteiger partial charge is 0.159 e. The molecular weight excluding hydrogens is 1190 g/mol. The first-order valence-electron chi connectivity index (χ1n) is 34.3. The van der Waals surface area contributed by atoms with E-state index in [0.29, 0.717) is 0 Å². The van der Waals surface area contributed by atoms with Crippen molar-refractivity contribution in [1.82, 2.24) is 0 Å². The van der Waals surface area contributed by atoms with Crippen LogP contribution in [0.3, 0.4) is 0 Å². The van der Waals surface area contributed by atoms with Gasteiger partial charge in [0.05, 0.1) is 16.5 Å². The lowest BCUT2D eigenvalue weighted by atomic mass is 9.70. The van der Waals surface area contributed by atoms with Gasteiger partial charge in [0, 0.05) is 44.6 Å². The molecule has 3 heteroatoms. The highest BCUT2D eigenvalue weighted by molar-refractivity contribution is 6.11. The molecule has 98 heavy (non-hydrogen) atoms. The molecule has 2 spiro atoms. The van der Waals surface area contributed by atoms with Crippen LogP contribution in [0.4, 0.5) is 34.1 Å². The number of rotatable bonds is 8. The van der Waals surface area contributed by atoms with E-state index in [9.17, 15) is 0 Å². The number of para-hydroxylation sites is 3. The van der Waals surface area contributed by atoms with Crippen molar-refractivity contribution in [3.05, 3.63) is 395 Å². The Morgan fingerprint density at radius 3 is 1.04 bits per heavy atom. The Labute approximate surface area is 570 Å². The van der Waals surface area contributed by atoms with Gasteiger partial charge in [-0.3, -0.25) is 0 Å². The summed E-state index contributed by atoms with van der Waals surface area (Å²) in [6.07, 6.45) is 0. The van der Waals surface area contributed by atoms with Crippen molar-refractivity contribution >= 4 is 56.1 Å². The molecule has 16 aromatic rings. The zero-order valence-electron chi connectivity index (χ0n) is 54.1. The van der Waals surface area contributed by atoms with E-state index in [1.54, 1.807) is 0 Å². The second-order valence-electron chi connectivity index (χ2n) is 27.7. The van der Waals surface area contributed by atoms with Gasteiger partial charge in [-0.2, -0.15) is 0 Å². The molecule has 5 aliphatic rings. The van der Waals surface area contributed by atoms with Crippen molar-refractivity contribution in [2.75, 3.05) is 9.80 Å². The Morgan fingerprint density at radius 1 is 0.224 bits per heavy atom. The van der Waals surface area contributed by atoms with Crippen LogP contribution in [-0.2, 0) is 16.2 Å². The van der Waals surface area contributed by atoms with Gasteiger partial charge in [0.2, 0.25) is 0 Å². The van der Waals surface area contributed by atoms with Gasteiger partial charge in [-0.15, -0.1) is 0 Å². The number of fused-ring (bicyclic) bond motifs is 26. The summed E-state index contributed by atoms with van der Waals surface area (Å²) in [5.74, 6) is 0. The predicted octanol–water partition coefficient (Wildman–Crippen LogP) is 24.9. The first-order chi connectivity index (χ1) is 48.3. The van der Waals surface area contributed by atoms with Crippen LogP contribution in [0.5, 0.6) is 0 Å². The van der Waals surface area contributed by atoms with Crippen molar-refractivity contribution in [3.8, 4) is 77.9 Å². The standard InChI is InChI=1S/C95H62N2O/c1-93(2)86-55-62(61-41-39-59(40-42-61)60-43-46-64(47-44-60)96(63-21-4-3-5-22-63)65-48-53-76-72-27-10-17-35-84(72)94(88(76)57-65)80-31-13-6-23-68(80)69-24-7-14-32-81(69)94)45-51-74(86)75-52-49-66(56-87(75)93)97(90-37-20-30-79-78-29-12-19-38-91(78)98-92(79)90)67-50-54-77-73-28-11-18-36-85(73)95(89(77)58-67)82-33-15-8-25-70(82)71-26-9-16-34-83(71)95/h3-58H,1-2H3. The first kappa shape index (κ1) is 55.0. The minimum absolute atomic E-state index is 0.316. The van der Waals surface area contributed by atoms with Gasteiger partial charge in [-0.1, -0.05) is 275 Å². The summed E-state index contributed by atoms with van der Waals surface area (Å²) in [6, 6.07) is 127. The quantitative estimate of drug-likeness (QED) is 0.151. The summed E-state index contributed by atoms with van der Waals surface area (Å²) >= 11 is 0. The molecule has 15 aromatic carbocycles. The van der Waals surface area contributed by atoms with Gasteiger partial charge >= 0.3 is 0 Å². The number of hydrogen-bond acceptors (Lipinski definition) is 3. The number of furan rings is 1. The van der Waals surface area contributed by atoms with Crippen LogP contribution in [0, 0.1) is 0 Å². The highest BCUT2D eigenvalue weighted by Crippen LogP contribution is 2.66. The molecule has 0 bridgehead atoms. The number of benzene rings is 15. The summed E-state index contributed by atoms with van der Waals surface area (Å²) < 4.78 is 6.96. The molecule has 5 aliphatic carbocycles. The average Bonchev–Trinajstić information content (AvgIpc) is 1.52. The molecule has 0 atom stereocenters. The number of anilines is 6. The van der Waals surface area contributed by atoms with Crippen LogP contribution in [-0.4, -0.2) is 0 Å². The summed E-state index contributed by atoms with van der Waals surface area (Å²) in [4.78, 5) is 4.88. The molecule has 21 rings (SSSR count). The van der Waals surface area contributed by atoms with Crippen molar-refractivity contribution in [3.63, 3.8) is 0 Å². The zero-order chi connectivity index (χ0) is 64.6. The van der Waals surface area contributed by atoms with Crippen molar-refractivity contribution in [1.29, 1.82) is 0 Å². The minimum Gasteiger partial charge on any atom is -0.454 e. The summed E-state index contributed by atoms with van der Waals surface area (Å²) in [5.41, 5.74) is 37.9. The first-order valence-corrected chi connectivity index (χ1v) is 34.3. The topological polar surface area (TPSA) is 19.6 Å². The van der Waals surface area contributed by atoms with Gasteiger partial charge in [0.15, 0.2) is 5.58 Å². The maximum Gasteiger partial charge on any atom is 0.159 e. The van der Waals surface area contributed by atoms with E-state index in [-0.39, 0.29) is 5.41 Å². The van der Waals surface area contributed by atoms with E-state index in [1.165, 1.54) is 134 Å². The van der Waals surface area contributed by atoms with E-state index in [2.05, 4.69) is 363 Å². The van der Waals surface area contributed by atoms with Gasteiger partial charge in [-0.25, -0.2) is 0 Å². The minimum atomic E-state index is -0.495. The van der Waals surface area contributed by atoms with Gasteiger partial charge < -0.3 is 14.2 Å². The molecule has 1 heterocycles. The molecule has 0 saturated carbocycles. The molecule has 0 N–H and O–H groups in total. The highest BCUT2D eigenvalue weighted by atomic mass is 16.3. The monoisotopic (exact) mass is 1250 g/mol. The van der Waals surface area contributed by atoms with E-state index in [1.807, 2.05) is 0 Å². The Balaban J connectivity index is 0.624. The molecule has 0 unspecified atom stereocenters. The van der Waals surface area contributed by atoms with Gasteiger partial charge in [0.1, 0.15) is 5.58 Å². The highest BCUT2D eigenvalue weighted by Gasteiger charge is 2.53. The lowest BCUT2D eigenvalue weighted by Crippen LogP contribution is -2.26. The second kappa shape index (κ2) is 20.4.